The molecule has 0 bridgehead atoms. The Morgan fingerprint density at radius 1 is 0.718 bits per heavy atom. The minimum atomic E-state index is -0.437. The third-order valence-corrected chi connectivity index (χ3v) is 5.68. The largest absolute Gasteiger partial charge is 0.497 e. The van der Waals surface area contributed by atoms with Gasteiger partial charge in [0.2, 0.25) is 0 Å². The summed E-state index contributed by atoms with van der Waals surface area (Å²) in [6.07, 6.45) is 0. The molecule has 9 nitrogen and oxygen atoms in total. The normalized spacial score (nSPS) is 10.2. The zero-order chi connectivity index (χ0) is 27.5. The van der Waals surface area contributed by atoms with E-state index in [4.69, 9.17) is 14.2 Å². The molecule has 0 saturated carbocycles. The molecule has 0 aliphatic heterocycles. The van der Waals surface area contributed by atoms with Crippen LogP contribution in [-0.2, 0) is 0 Å². The van der Waals surface area contributed by atoms with Crippen molar-refractivity contribution in [3.05, 3.63) is 103 Å². The molecule has 4 aromatic carbocycles. The molecular formula is C30H30N4O5. The van der Waals surface area contributed by atoms with Gasteiger partial charge < -0.3 is 30.2 Å². The minimum absolute atomic E-state index is 0.189. The number of benzene rings is 4. The van der Waals surface area contributed by atoms with Crippen molar-refractivity contribution in [3.63, 3.8) is 0 Å². The predicted octanol–water partition coefficient (Wildman–Crippen LogP) is 6.36. The Morgan fingerprint density at radius 2 is 1.36 bits per heavy atom. The van der Waals surface area contributed by atoms with E-state index in [1.807, 2.05) is 48.5 Å². The van der Waals surface area contributed by atoms with E-state index < -0.39 is 6.03 Å². The first-order chi connectivity index (χ1) is 19.1. The van der Waals surface area contributed by atoms with Crippen molar-refractivity contribution < 1.29 is 23.8 Å². The maximum Gasteiger partial charge on any atom is 0.326 e. The van der Waals surface area contributed by atoms with Crippen molar-refractivity contribution in [2.45, 2.75) is 0 Å². The highest BCUT2D eigenvalue weighted by Gasteiger charge is 2.17. The second-order valence-electron chi connectivity index (χ2n) is 8.30. The first-order valence-corrected chi connectivity index (χ1v) is 12.3. The van der Waals surface area contributed by atoms with Gasteiger partial charge in [-0.05, 0) is 60.7 Å². The van der Waals surface area contributed by atoms with Gasteiger partial charge in [0, 0.05) is 30.5 Å². The minimum Gasteiger partial charge on any atom is -0.497 e. The van der Waals surface area contributed by atoms with Crippen LogP contribution in [0.25, 0.3) is 0 Å². The first-order valence-electron chi connectivity index (χ1n) is 12.3. The van der Waals surface area contributed by atoms with Gasteiger partial charge in [-0.15, -0.1) is 0 Å². The Kier molecular flexibility index (Phi) is 9.22. The summed E-state index contributed by atoms with van der Waals surface area (Å²) in [5.74, 6) is 2.43. The Labute approximate surface area is 227 Å². The highest BCUT2D eigenvalue weighted by Crippen LogP contribution is 2.29. The molecule has 200 valence electrons. The Bertz CT molecular complexity index is 1370. The summed E-state index contributed by atoms with van der Waals surface area (Å²) in [6.45, 7) is 0.402. The third kappa shape index (κ3) is 7.65. The maximum absolute atomic E-state index is 13.2. The number of ether oxygens (including phenoxy) is 3. The molecule has 0 aliphatic rings. The highest BCUT2D eigenvalue weighted by molar-refractivity contribution is 6.01. The SMILES string of the molecule is COc1ccc(NC(=O)NCCN(C(=O)Nc2ccccc2)c2ccc(Oc3ccccc3)cc2)c(OC)c1. The van der Waals surface area contributed by atoms with E-state index in [1.165, 1.54) is 7.11 Å². The number of para-hydroxylation sites is 2. The monoisotopic (exact) mass is 526 g/mol. The fraction of sp³-hybridized carbons (Fsp3) is 0.133. The predicted molar refractivity (Wildman–Crippen MR) is 152 cm³/mol. The first kappa shape index (κ1) is 26.9. The lowest BCUT2D eigenvalue weighted by atomic mass is 10.2. The van der Waals surface area contributed by atoms with Crippen LogP contribution in [0.15, 0.2) is 103 Å². The van der Waals surface area contributed by atoms with Crippen LogP contribution in [-0.4, -0.2) is 39.4 Å². The second kappa shape index (κ2) is 13.4. The van der Waals surface area contributed by atoms with Crippen LogP contribution in [0.2, 0.25) is 0 Å². The molecule has 0 saturated heterocycles. The molecule has 9 heteroatoms. The van der Waals surface area contributed by atoms with Crippen molar-refractivity contribution in [2.75, 3.05) is 42.8 Å². The number of methoxy groups -OCH3 is 2. The molecule has 39 heavy (non-hydrogen) atoms. The second-order valence-corrected chi connectivity index (χ2v) is 8.30. The van der Waals surface area contributed by atoms with Gasteiger partial charge in [-0.2, -0.15) is 0 Å². The number of hydrogen-bond donors (Lipinski definition) is 3. The van der Waals surface area contributed by atoms with E-state index in [-0.39, 0.29) is 19.1 Å². The lowest BCUT2D eigenvalue weighted by Gasteiger charge is -2.24. The third-order valence-electron chi connectivity index (χ3n) is 5.68. The average Bonchev–Trinajstić information content (AvgIpc) is 2.97. The zero-order valence-corrected chi connectivity index (χ0v) is 21.7. The molecule has 0 atom stereocenters. The number of hydrogen-bond acceptors (Lipinski definition) is 5. The Morgan fingerprint density at radius 3 is 2.03 bits per heavy atom. The topological polar surface area (TPSA) is 101 Å². The van der Waals surface area contributed by atoms with Crippen LogP contribution in [0.3, 0.4) is 0 Å². The van der Waals surface area contributed by atoms with Gasteiger partial charge in [-0.3, -0.25) is 4.90 Å². The number of amides is 4. The standard InChI is InChI=1S/C30H30N4O5/c1-37-26-17-18-27(28(21-26)38-2)33-29(35)31-19-20-34(30(36)32-22-9-5-3-6-10-22)23-13-15-25(16-14-23)39-24-11-7-4-8-12-24/h3-18,21H,19-20H2,1-2H3,(H,32,36)(H2,31,33,35). The van der Waals surface area contributed by atoms with E-state index in [1.54, 1.807) is 66.6 Å². The van der Waals surface area contributed by atoms with Gasteiger partial charge in [0.15, 0.2) is 0 Å². The van der Waals surface area contributed by atoms with Gasteiger partial charge in [0.05, 0.1) is 19.9 Å². The molecule has 4 amide bonds. The number of urea groups is 2. The summed E-state index contributed by atoms with van der Waals surface area (Å²) in [5, 5.41) is 8.45. The molecule has 0 aromatic heterocycles. The summed E-state index contributed by atoms with van der Waals surface area (Å²) >= 11 is 0. The van der Waals surface area contributed by atoms with Crippen molar-refractivity contribution in [1.29, 1.82) is 0 Å². The summed E-state index contributed by atoms with van der Waals surface area (Å²) in [7, 11) is 3.06. The van der Waals surface area contributed by atoms with Crippen molar-refractivity contribution in [1.82, 2.24) is 5.32 Å². The summed E-state index contributed by atoms with van der Waals surface area (Å²) in [4.78, 5) is 27.4. The van der Waals surface area contributed by atoms with Crippen molar-refractivity contribution in [2.24, 2.45) is 0 Å². The van der Waals surface area contributed by atoms with E-state index in [9.17, 15) is 9.59 Å². The van der Waals surface area contributed by atoms with Crippen LogP contribution in [0.1, 0.15) is 0 Å². The molecule has 4 rings (SSSR count). The molecule has 0 unspecified atom stereocenters. The molecule has 0 aliphatic carbocycles. The number of nitrogens with zero attached hydrogens (tertiary/aromatic N) is 1. The van der Waals surface area contributed by atoms with Gasteiger partial charge in [-0.1, -0.05) is 36.4 Å². The smallest absolute Gasteiger partial charge is 0.326 e. The van der Waals surface area contributed by atoms with Crippen LogP contribution in [0.5, 0.6) is 23.0 Å². The molecule has 0 heterocycles. The zero-order valence-electron chi connectivity index (χ0n) is 21.7. The number of nitrogens with one attached hydrogen (secondary N) is 3. The summed E-state index contributed by atoms with van der Waals surface area (Å²) in [5.41, 5.74) is 1.79. The van der Waals surface area contributed by atoms with E-state index in [2.05, 4.69) is 16.0 Å². The van der Waals surface area contributed by atoms with Crippen LogP contribution >= 0.6 is 0 Å². The van der Waals surface area contributed by atoms with Gasteiger partial charge in [0.1, 0.15) is 23.0 Å². The maximum atomic E-state index is 13.2. The molecule has 4 aromatic rings. The number of carbonyl (C=O) groups is 2. The van der Waals surface area contributed by atoms with Crippen LogP contribution < -0.4 is 35.1 Å². The van der Waals surface area contributed by atoms with Crippen molar-refractivity contribution >= 4 is 29.1 Å². The quantitative estimate of drug-likeness (QED) is 0.223. The molecule has 0 radical (unpaired) electrons. The summed E-state index contributed by atoms with van der Waals surface area (Å²) in [6, 6.07) is 30.1. The number of carbonyl (C=O) groups excluding carboxylic acids is 2. The highest BCUT2D eigenvalue weighted by atomic mass is 16.5. The lowest BCUT2D eigenvalue weighted by Crippen LogP contribution is -2.42. The molecule has 3 N–H and O–H groups in total. The fourth-order valence-corrected chi connectivity index (χ4v) is 3.73. The number of anilines is 3. The van der Waals surface area contributed by atoms with E-state index >= 15 is 0 Å². The van der Waals surface area contributed by atoms with Crippen LogP contribution in [0, 0.1) is 0 Å². The molecule has 0 spiro atoms. The average molecular weight is 527 g/mol. The Hall–Kier alpha value is -5.18. The Balaban J connectivity index is 1.42. The van der Waals surface area contributed by atoms with E-state index in [0.29, 0.717) is 40.1 Å². The van der Waals surface area contributed by atoms with E-state index in [0.717, 1.165) is 0 Å². The van der Waals surface area contributed by atoms with Crippen molar-refractivity contribution in [3.8, 4) is 23.0 Å². The van der Waals surface area contributed by atoms with Gasteiger partial charge in [0.25, 0.3) is 0 Å². The summed E-state index contributed by atoms with van der Waals surface area (Å²) < 4.78 is 16.4. The fourth-order valence-electron chi connectivity index (χ4n) is 3.73. The molecular weight excluding hydrogens is 496 g/mol. The van der Waals surface area contributed by atoms with Gasteiger partial charge >= 0.3 is 12.1 Å². The number of rotatable bonds is 10. The van der Waals surface area contributed by atoms with Gasteiger partial charge in [-0.25, -0.2) is 9.59 Å². The molecule has 0 fully saturated rings. The lowest BCUT2D eigenvalue weighted by molar-refractivity contribution is 0.250. The van der Waals surface area contributed by atoms with Crippen LogP contribution in [0.4, 0.5) is 26.7 Å².